The Morgan fingerprint density at radius 1 is 1.12 bits per heavy atom. The zero-order valence-electron chi connectivity index (χ0n) is 19.1. The second-order valence-corrected chi connectivity index (χ2v) is 9.92. The lowest BCUT2D eigenvalue weighted by molar-refractivity contribution is -0.128. The van der Waals surface area contributed by atoms with E-state index in [2.05, 4.69) is 20.4 Å². The minimum absolute atomic E-state index is 0.0687. The minimum Gasteiger partial charge on any atom is -0.352 e. The van der Waals surface area contributed by atoms with Gasteiger partial charge in [-0.3, -0.25) is 14.5 Å². The number of nitrogens with zero attached hydrogens (tertiary/aromatic N) is 4. The van der Waals surface area contributed by atoms with Gasteiger partial charge in [-0.15, -0.1) is 11.3 Å². The molecule has 1 unspecified atom stereocenters. The molecule has 0 spiro atoms. The molecular weight excluding hydrogens is 450 g/mol. The van der Waals surface area contributed by atoms with Crippen molar-refractivity contribution in [3.63, 3.8) is 0 Å². The van der Waals surface area contributed by atoms with Crippen LogP contribution in [0.4, 0.5) is 0 Å². The van der Waals surface area contributed by atoms with E-state index in [-0.39, 0.29) is 17.7 Å². The Morgan fingerprint density at radius 2 is 2.00 bits per heavy atom. The molecule has 34 heavy (non-hydrogen) atoms. The Bertz CT molecular complexity index is 1130. The molecule has 1 atom stereocenters. The van der Waals surface area contributed by atoms with Gasteiger partial charge in [0.2, 0.25) is 23.5 Å². The van der Waals surface area contributed by atoms with Gasteiger partial charge in [0, 0.05) is 32.6 Å². The van der Waals surface area contributed by atoms with Crippen LogP contribution in [-0.4, -0.2) is 51.4 Å². The zero-order chi connectivity index (χ0) is 23.3. The van der Waals surface area contributed by atoms with Crippen molar-refractivity contribution in [2.75, 3.05) is 19.6 Å². The van der Waals surface area contributed by atoms with Crippen LogP contribution in [0.25, 0.3) is 10.7 Å². The van der Waals surface area contributed by atoms with Gasteiger partial charge in [-0.05, 0) is 48.4 Å². The third-order valence-corrected chi connectivity index (χ3v) is 7.41. The Labute approximate surface area is 202 Å². The normalized spacial score (nSPS) is 19.0. The van der Waals surface area contributed by atoms with Crippen molar-refractivity contribution >= 4 is 23.2 Å². The molecule has 2 aromatic heterocycles. The highest BCUT2D eigenvalue weighted by molar-refractivity contribution is 7.13. The summed E-state index contributed by atoms with van der Waals surface area (Å²) in [5.74, 6) is 1.41. The summed E-state index contributed by atoms with van der Waals surface area (Å²) in [5.41, 5.74) is 2.16. The van der Waals surface area contributed by atoms with Crippen molar-refractivity contribution < 1.29 is 14.1 Å². The molecule has 9 heteroatoms. The lowest BCUT2D eigenvalue weighted by atomic mass is 9.97. The predicted molar refractivity (Wildman–Crippen MR) is 129 cm³/mol. The summed E-state index contributed by atoms with van der Waals surface area (Å²) < 4.78 is 5.44. The number of piperidine rings is 1. The van der Waals surface area contributed by atoms with Crippen LogP contribution >= 0.6 is 11.3 Å². The smallest absolute Gasteiger partial charge is 0.241 e. The molecule has 1 aromatic carbocycles. The number of carbonyl (C=O) groups is 2. The summed E-state index contributed by atoms with van der Waals surface area (Å²) in [5, 5.41) is 9.21. The predicted octanol–water partition coefficient (Wildman–Crippen LogP) is 3.45. The molecule has 3 aromatic rings. The maximum atomic E-state index is 13.0. The van der Waals surface area contributed by atoms with E-state index in [9.17, 15) is 9.59 Å². The van der Waals surface area contributed by atoms with E-state index in [0.29, 0.717) is 44.3 Å². The van der Waals surface area contributed by atoms with E-state index >= 15 is 0 Å². The van der Waals surface area contributed by atoms with Crippen LogP contribution in [-0.2, 0) is 29.2 Å². The SMILES string of the molecule is O=C(NCc1ccccc1CN1CCCC1=O)C1CCCN(Cc2nc(-c3cccs3)no2)C1. The van der Waals surface area contributed by atoms with Crippen LogP contribution in [0, 0.1) is 5.92 Å². The molecule has 2 aliphatic rings. The van der Waals surface area contributed by atoms with Crippen LogP contribution in [0.15, 0.2) is 46.3 Å². The second-order valence-electron chi connectivity index (χ2n) is 8.97. The van der Waals surface area contributed by atoms with Crippen molar-refractivity contribution in [2.45, 2.75) is 45.3 Å². The van der Waals surface area contributed by atoms with Crippen molar-refractivity contribution in [3.05, 3.63) is 58.8 Å². The zero-order valence-corrected chi connectivity index (χ0v) is 19.9. The number of carbonyl (C=O) groups excluding carboxylic acids is 2. The average molecular weight is 480 g/mol. The maximum absolute atomic E-state index is 13.0. The topological polar surface area (TPSA) is 91.6 Å². The van der Waals surface area contributed by atoms with Gasteiger partial charge in [0.15, 0.2) is 0 Å². The lowest BCUT2D eigenvalue weighted by Crippen LogP contribution is -2.42. The number of amides is 2. The molecule has 0 saturated carbocycles. The first-order valence-electron chi connectivity index (χ1n) is 11.9. The molecule has 2 amide bonds. The number of benzene rings is 1. The highest BCUT2D eigenvalue weighted by Crippen LogP contribution is 2.23. The summed E-state index contributed by atoms with van der Waals surface area (Å²) in [6, 6.07) is 12.0. The monoisotopic (exact) mass is 479 g/mol. The highest BCUT2D eigenvalue weighted by Gasteiger charge is 2.27. The Balaban J connectivity index is 1.15. The molecule has 4 heterocycles. The first kappa shape index (κ1) is 22.7. The summed E-state index contributed by atoms with van der Waals surface area (Å²) in [6.45, 7) is 4.03. The third-order valence-electron chi connectivity index (χ3n) is 6.55. The molecule has 8 nitrogen and oxygen atoms in total. The minimum atomic E-state index is -0.0687. The van der Waals surface area contributed by atoms with E-state index in [1.807, 2.05) is 46.7 Å². The molecule has 0 bridgehead atoms. The van der Waals surface area contributed by atoms with Gasteiger partial charge in [0.1, 0.15) is 0 Å². The molecule has 2 aliphatic heterocycles. The van der Waals surface area contributed by atoms with Gasteiger partial charge in [-0.2, -0.15) is 4.98 Å². The van der Waals surface area contributed by atoms with Gasteiger partial charge >= 0.3 is 0 Å². The fourth-order valence-corrected chi connectivity index (χ4v) is 5.37. The number of hydrogen-bond donors (Lipinski definition) is 1. The average Bonchev–Trinajstić information content (AvgIpc) is 3.62. The summed E-state index contributed by atoms with van der Waals surface area (Å²) in [6.07, 6.45) is 3.39. The molecule has 1 N–H and O–H groups in total. The quantitative estimate of drug-likeness (QED) is 0.532. The molecule has 0 radical (unpaired) electrons. The van der Waals surface area contributed by atoms with E-state index in [1.165, 1.54) is 0 Å². The van der Waals surface area contributed by atoms with Crippen LogP contribution in [0.1, 0.15) is 42.7 Å². The summed E-state index contributed by atoms with van der Waals surface area (Å²) in [7, 11) is 0. The number of nitrogens with one attached hydrogen (secondary N) is 1. The first-order chi connectivity index (χ1) is 16.7. The molecular formula is C25H29N5O3S. The third kappa shape index (κ3) is 5.37. The maximum Gasteiger partial charge on any atom is 0.241 e. The fraction of sp³-hybridized carbons (Fsp3) is 0.440. The van der Waals surface area contributed by atoms with Gasteiger partial charge in [-0.25, -0.2) is 0 Å². The first-order valence-corrected chi connectivity index (χ1v) is 12.7. The van der Waals surface area contributed by atoms with Crippen LogP contribution in [0.5, 0.6) is 0 Å². The van der Waals surface area contributed by atoms with Crippen molar-refractivity contribution in [3.8, 4) is 10.7 Å². The van der Waals surface area contributed by atoms with Gasteiger partial charge in [0.05, 0.1) is 17.3 Å². The standard InChI is InChI=1S/C25H29N5O3S/c31-23-10-4-12-30(23)16-19-7-2-1-6-18(19)14-26-25(32)20-8-3-11-29(15-20)17-22-27-24(28-33-22)21-9-5-13-34-21/h1-2,5-7,9,13,20H,3-4,8,10-12,14-17H2,(H,26,32). The summed E-state index contributed by atoms with van der Waals surface area (Å²) >= 11 is 1.58. The van der Waals surface area contributed by atoms with Crippen LogP contribution in [0.2, 0.25) is 0 Å². The number of hydrogen-bond acceptors (Lipinski definition) is 7. The largest absolute Gasteiger partial charge is 0.352 e. The second kappa shape index (κ2) is 10.5. The number of aromatic nitrogens is 2. The number of likely N-dealkylation sites (tertiary alicyclic amines) is 2. The van der Waals surface area contributed by atoms with E-state index < -0.39 is 0 Å². The van der Waals surface area contributed by atoms with Crippen molar-refractivity contribution in [1.29, 1.82) is 0 Å². The van der Waals surface area contributed by atoms with Crippen molar-refractivity contribution in [1.82, 2.24) is 25.3 Å². The van der Waals surface area contributed by atoms with Gasteiger partial charge in [-0.1, -0.05) is 35.5 Å². The summed E-state index contributed by atoms with van der Waals surface area (Å²) in [4.78, 5) is 34.6. The number of thiophene rings is 1. The van der Waals surface area contributed by atoms with E-state index in [1.54, 1.807) is 11.3 Å². The number of rotatable bonds is 8. The molecule has 178 valence electrons. The Morgan fingerprint density at radius 3 is 2.79 bits per heavy atom. The van der Waals surface area contributed by atoms with Crippen molar-refractivity contribution in [2.24, 2.45) is 5.92 Å². The fourth-order valence-electron chi connectivity index (χ4n) is 4.72. The molecule has 5 rings (SSSR count). The molecule has 2 saturated heterocycles. The highest BCUT2D eigenvalue weighted by atomic mass is 32.1. The van der Waals surface area contributed by atoms with Gasteiger partial charge in [0.25, 0.3) is 0 Å². The Kier molecular flexibility index (Phi) is 7.01. The Hall–Kier alpha value is -3.04. The lowest BCUT2D eigenvalue weighted by Gasteiger charge is -2.31. The van der Waals surface area contributed by atoms with E-state index in [4.69, 9.17) is 4.52 Å². The van der Waals surface area contributed by atoms with Crippen LogP contribution in [0.3, 0.4) is 0 Å². The molecule has 0 aliphatic carbocycles. The van der Waals surface area contributed by atoms with Crippen LogP contribution < -0.4 is 5.32 Å². The molecule has 2 fully saturated rings. The van der Waals surface area contributed by atoms with E-state index in [0.717, 1.165) is 48.4 Å². The van der Waals surface area contributed by atoms with Gasteiger partial charge < -0.3 is 14.7 Å².